The van der Waals surface area contributed by atoms with Crippen molar-refractivity contribution in [3.63, 3.8) is 0 Å². The molecule has 0 saturated heterocycles. The second-order valence-electron chi connectivity index (χ2n) is 8.01. The van der Waals surface area contributed by atoms with Gasteiger partial charge >= 0.3 is 21.7 Å². The van der Waals surface area contributed by atoms with E-state index in [1.54, 1.807) is 0 Å². The maximum atomic E-state index is 3.74. The molecule has 3 heteroatoms. The third-order valence-electron chi connectivity index (χ3n) is 6.17. The van der Waals surface area contributed by atoms with Crippen molar-refractivity contribution in [1.29, 1.82) is 0 Å². The summed E-state index contributed by atoms with van der Waals surface area (Å²) >= 11 is 0. The molecule has 0 N–H and O–H groups in total. The Bertz CT molecular complexity index is 1540. The molecule has 2 aliphatic carbocycles. The van der Waals surface area contributed by atoms with Crippen molar-refractivity contribution < 1.29 is 46.5 Å². The number of fused-ring (bicyclic) bond motifs is 2. The SMILES string of the molecule is [C-]1=c2ccccc2=c2ccc(=C(c3ccccc3)c3ccccc3)c(C3=CC=CC3)c21.[Cl-].[Cl-].[Ti+3]. The van der Waals surface area contributed by atoms with Gasteiger partial charge in [-0.15, -0.1) is 33.4 Å². The van der Waals surface area contributed by atoms with Crippen molar-refractivity contribution in [2.75, 3.05) is 0 Å². The summed E-state index contributed by atoms with van der Waals surface area (Å²) < 4.78 is 0. The Morgan fingerprint density at radius 3 is 1.88 bits per heavy atom. The van der Waals surface area contributed by atoms with Crippen LogP contribution in [0.3, 0.4) is 0 Å². The van der Waals surface area contributed by atoms with Crippen LogP contribution in [0.5, 0.6) is 0 Å². The number of hydrogen-bond donors (Lipinski definition) is 0. The van der Waals surface area contributed by atoms with Crippen LogP contribution in [-0.2, 0) is 21.7 Å². The van der Waals surface area contributed by atoms with Crippen molar-refractivity contribution in [1.82, 2.24) is 0 Å². The van der Waals surface area contributed by atoms with E-state index in [1.807, 2.05) is 0 Å². The normalized spacial score (nSPS) is 12.2. The number of allylic oxidation sites excluding steroid dienone is 4. The summed E-state index contributed by atoms with van der Waals surface area (Å²) in [6.07, 6.45) is 11.4. The van der Waals surface area contributed by atoms with Gasteiger partial charge in [-0.2, -0.15) is 0 Å². The van der Waals surface area contributed by atoms with E-state index in [-0.39, 0.29) is 46.5 Å². The molecule has 34 heavy (non-hydrogen) atoms. The summed E-state index contributed by atoms with van der Waals surface area (Å²) in [6, 6.07) is 34.7. The van der Waals surface area contributed by atoms with Crippen LogP contribution >= 0.6 is 0 Å². The fourth-order valence-electron chi connectivity index (χ4n) is 4.78. The monoisotopic (exact) mass is 511 g/mol. The van der Waals surface area contributed by atoms with E-state index >= 15 is 0 Å². The molecule has 6 rings (SSSR count). The number of halogens is 2. The molecule has 0 atom stereocenters. The van der Waals surface area contributed by atoms with Crippen molar-refractivity contribution in [2.24, 2.45) is 0 Å². The minimum atomic E-state index is 0. The third kappa shape index (κ3) is 4.52. The van der Waals surface area contributed by atoms with Gasteiger partial charge in [0.2, 0.25) is 0 Å². The second kappa shape index (κ2) is 11.2. The van der Waals surface area contributed by atoms with E-state index in [9.17, 15) is 0 Å². The molecule has 0 fully saturated rings. The Balaban J connectivity index is 0.00000108. The quantitative estimate of drug-likeness (QED) is 0.228. The van der Waals surface area contributed by atoms with Crippen LogP contribution in [0, 0.1) is 10.4 Å². The zero-order valence-corrected chi connectivity index (χ0v) is 21.5. The average molecular weight is 512 g/mol. The van der Waals surface area contributed by atoms with E-state index in [0.717, 1.165) is 6.42 Å². The first-order chi connectivity index (χ1) is 15.4. The fourth-order valence-corrected chi connectivity index (χ4v) is 4.78. The van der Waals surface area contributed by atoms with Gasteiger partial charge in [0.15, 0.2) is 0 Å². The Labute approximate surface area is 227 Å². The molecule has 0 unspecified atom stereocenters. The maximum absolute atomic E-state index is 3.74. The number of hydrogen-bond acceptors (Lipinski definition) is 0. The van der Waals surface area contributed by atoms with E-state index in [2.05, 4.69) is 121 Å². The second-order valence-corrected chi connectivity index (χ2v) is 8.01. The maximum Gasteiger partial charge on any atom is 3.00 e. The molecule has 0 aromatic heterocycles. The Morgan fingerprint density at radius 1 is 0.647 bits per heavy atom. The number of rotatable bonds is 3. The molecule has 0 nitrogen and oxygen atoms in total. The molecule has 163 valence electrons. The molecule has 0 bridgehead atoms. The summed E-state index contributed by atoms with van der Waals surface area (Å²) in [6.45, 7) is 0. The van der Waals surface area contributed by atoms with Gasteiger partial charge in [0.1, 0.15) is 0 Å². The molecular formula is C31H21Cl2Ti. The van der Waals surface area contributed by atoms with Crippen molar-refractivity contribution in [2.45, 2.75) is 6.42 Å². The standard InChI is InChI=1S/C31H21.2ClH.Ti/c1-3-11-22(12-4-1)30(23-13-5-2-6-14-23)28-20-19-27-26-18-10-9-17-25(26)21-29(27)31(28)24-15-7-8-16-24;;;/h1-15,17-20H,16H2;2*1H;/q-1;;;+3/p-2. The van der Waals surface area contributed by atoms with Crippen LogP contribution in [0.2, 0.25) is 0 Å². The van der Waals surface area contributed by atoms with Crippen molar-refractivity contribution in [3.8, 4) is 0 Å². The molecule has 0 saturated carbocycles. The predicted octanol–water partition coefficient (Wildman–Crippen LogP) is -0.411. The summed E-state index contributed by atoms with van der Waals surface area (Å²) in [4.78, 5) is 0. The zero-order valence-electron chi connectivity index (χ0n) is 18.4. The zero-order chi connectivity index (χ0) is 20.6. The Hall–Kier alpha value is -2.61. The van der Waals surface area contributed by atoms with Crippen LogP contribution < -0.4 is 35.3 Å². The third-order valence-corrected chi connectivity index (χ3v) is 6.17. The van der Waals surface area contributed by atoms with Gasteiger partial charge in [-0.1, -0.05) is 120 Å². The van der Waals surface area contributed by atoms with Gasteiger partial charge < -0.3 is 24.8 Å². The molecule has 0 heterocycles. The molecule has 4 aromatic rings. The average Bonchev–Trinajstić information content (AvgIpc) is 3.49. The summed E-state index contributed by atoms with van der Waals surface area (Å²) in [5.74, 6) is 0. The van der Waals surface area contributed by atoms with Crippen molar-refractivity contribution >= 4 is 17.2 Å². The summed E-state index contributed by atoms with van der Waals surface area (Å²) in [7, 11) is 0. The van der Waals surface area contributed by atoms with Crippen molar-refractivity contribution in [3.05, 3.63) is 158 Å². The van der Waals surface area contributed by atoms with Gasteiger partial charge in [0, 0.05) is 0 Å². The van der Waals surface area contributed by atoms with Crippen LogP contribution in [0.4, 0.5) is 0 Å². The molecule has 2 aliphatic rings. The number of benzene rings is 4. The van der Waals surface area contributed by atoms with Gasteiger partial charge in [-0.3, -0.25) is 0 Å². The smallest absolute Gasteiger partial charge is 1.00 e. The molecule has 0 aliphatic heterocycles. The topological polar surface area (TPSA) is 0 Å². The minimum Gasteiger partial charge on any atom is -1.00 e. The molecule has 1 radical (unpaired) electrons. The van der Waals surface area contributed by atoms with E-state index in [1.165, 1.54) is 54.3 Å². The van der Waals surface area contributed by atoms with Crippen LogP contribution in [-0.4, -0.2) is 0 Å². The minimum absolute atomic E-state index is 0. The van der Waals surface area contributed by atoms with Gasteiger partial charge in [0.05, 0.1) is 0 Å². The van der Waals surface area contributed by atoms with Gasteiger partial charge in [-0.25, -0.2) is 0 Å². The van der Waals surface area contributed by atoms with Gasteiger partial charge in [0.25, 0.3) is 0 Å². The first-order valence-corrected chi connectivity index (χ1v) is 10.8. The molecule has 0 spiro atoms. The van der Waals surface area contributed by atoms with Crippen LogP contribution in [0.1, 0.15) is 28.7 Å². The Kier molecular flexibility index (Phi) is 8.58. The van der Waals surface area contributed by atoms with E-state index in [4.69, 9.17) is 0 Å². The van der Waals surface area contributed by atoms with E-state index in [0.29, 0.717) is 0 Å². The van der Waals surface area contributed by atoms with Gasteiger partial charge in [-0.05, 0) is 28.3 Å². The molecule has 0 amide bonds. The largest absolute Gasteiger partial charge is 3.00 e. The van der Waals surface area contributed by atoms with Crippen LogP contribution in [0.25, 0.3) is 17.2 Å². The predicted molar refractivity (Wildman–Crippen MR) is 129 cm³/mol. The van der Waals surface area contributed by atoms with Crippen LogP contribution in [0.15, 0.2) is 115 Å². The molecular weight excluding hydrogens is 491 g/mol. The summed E-state index contributed by atoms with van der Waals surface area (Å²) in [5, 5.41) is 5.01. The first-order valence-electron chi connectivity index (χ1n) is 10.8. The summed E-state index contributed by atoms with van der Waals surface area (Å²) in [5.41, 5.74) is 7.62. The van der Waals surface area contributed by atoms with E-state index < -0.39 is 0 Å². The molecule has 4 aromatic carbocycles. The fraction of sp³-hybridized carbons (Fsp3) is 0.0323. The first kappa shape index (κ1) is 26.0. The Morgan fingerprint density at radius 2 is 1.26 bits per heavy atom.